The van der Waals surface area contributed by atoms with Crippen molar-refractivity contribution in [2.75, 3.05) is 12.0 Å². The fourth-order valence-corrected chi connectivity index (χ4v) is 2.20. The zero-order chi connectivity index (χ0) is 15.7. The Morgan fingerprint density at radius 3 is 2.59 bits per heavy atom. The third-order valence-corrected chi connectivity index (χ3v) is 3.30. The fourth-order valence-electron chi connectivity index (χ4n) is 2.20. The minimum Gasteiger partial charge on any atom is -0.268 e. The summed E-state index contributed by atoms with van der Waals surface area (Å²) >= 11 is 0. The number of nitro benzene ring substituents is 1. The summed E-state index contributed by atoms with van der Waals surface area (Å²) in [6.45, 7) is -0.0271. The van der Waals surface area contributed by atoms with E-state index in [-0.39, 0.29) is 23.5 Å². The third kappa shape index (κ3) is 2.26. The van der Waals surface area contributed by atoms with Crippen molar-refractivity contribution in [1.29, 1.82) is 0 Å². The number of anilines is 1. The molecule has 110 valence electrons. The maximum Gasteiger partial charge on any atom is 0.273 e. The van der Waals surface area contributed by atoms with Gasteiger partial charge < -0.3 is 0 Å². The summed E-state index contributed by atoms with van der Waals surface area (Å²) in [5, 5.41) is 13.7. The van der Waals surface area contributed by atoms with E-state index in [1.165, 1.54) is 12.1 Å². The predicted octanol–water partition coefficient (Wildman–Crippen LogP) is 1.07. The lowest BCUT2D eigenvalue weighted by atomic mass is 10.1. The van der Waals surface area contributed by atoms with E-state index in [1.807, 2.05) is 0 Å². The van der Waals surface area contributed by atoms with Gasteiger partial charge in [-0.1, -0.05) is 6.07 Å². The molecule has 0 aliphatic carbocycles. The molecule has 3 rings (SSSR count). The Hall–Kier alpha value is -3.29. The van der Waals surface area contributed by atoms with Crippen LogP contribution < -0.4 is 10.3 Å². The number of hydrogen-bond donors (Lipinski definition) is 1. The van der Waals surface area contributed by atoms with Gasteiger partial charge in [0, 0.05) is 18.2 Å². The normalized spacial score (nSPS) is 13.2. The van der Waals surface area contributed by atoms with Crippen LogP contribution >= 0.6 is 0 Å². The number of amides is 2. The fraction of sp³-hybridized carbons (Fsp3) is 0.0714. The number of aromatic nitrogens is 1. The van der Waals surface area contributed by atoms with Gasteiger partial charge in [0.15, 0.2) is 6.67 Å². The standard InChI is InChI=1S/C14H10N4O4/c19-13-10-5-4-9(18(21)22)7-11(10)14(20)17(13)8-16-12-3-1-2-6-15-12/h1-7H,8H2,(H,15,16)/p+1. The number of imide groups is 1. The number of aromatic amines is 1. The van der Waals surface area contributed by atoms with Crippen LogP contribution in [0.15, 0.2) is 42.6 Å². The predicted molar refractivity (Wildman–Crippen MR) is 75.1 cm³/mol. The molecule has 8 nitrogen and oxygen atoms in total. The van der Waals surface area contributed by atoms with Crippen molar-refractivity contribution in [2.24, 2.45) is 0 Å². The molecule has 2 aromatic rings. The van der Waals surface area contributed by atoms with E-state index in [2.05, 4.69) is 10.3 Å². The SMILES string of the molecule is O=C1c2ccc([N+](=O)[O-])cc2C(=O)N1CNc1cccc[nH+]1. The smallest absolute Gasteiger partial charge is 0.268 e. The zero-order valence-electron chi connectivity index (χ0n) is 11.3. The van der Waals surface area contributed by atoms with Gasteiger partial charge >= 0.3 is 0 Å². The highest BCUT2D eigenvalue weighted by molar-refractivity contribution is 6.21. The minimum atomic E-state index is -0.599. The largest absolute Gasteiger partial charge is 0.273 e. The average Bonchev–Trinajstić information content (AvgIpc) is 2.77. The molecule has 0 saturated carbocycles. The number of nitro groups is 1. The molecule has 0 fully saturated rings. The lowest BCUT2D eigenvalue weighted by Gasteiger charge is -2.10. The molecule has 0 spiro atoms. The molecule has 0 saturated heterocycles. The summed E-state index contributed by atoms with van der Waals surface area (Å²) in [5.41, 5.74) is 0.0126. The molecular weight excluding hydrogens is 288 g/mol. The first-order chi connectivity index (χ1) is 10.6. The molecule has 1 aliphatic heterocycles. The maximum atomic E-state index is 12.2. The molecule has 0 unspecified atom stereocenters. The molecule has 2 amide bonds. The van der Waals surface area contributed by atoms with Crippen LogP contribution in [0.25, 0.3) is 0 Å². The minimum absolute atomic E-state index is 0.0271. The number of non-ortho nitro benzene ring substituents is 1. The molecule has 22 heavy (non-hydrogen) atoms. The summed E-state index contributed by atoms with van der Waals surface area (Å²) in [6, 6.07) is 9.00. The highest BCUT2D eigenvalue weighted by Gasteiger charge is 2.37. The van der Waals surface area contributed by atoms with Crippen LogP contribution in [-0.4, -0.2) is 28.3 Å². The molecule has 0 atom stereocenters. The number of hydrogen-bond acceptors (Lipinski definition) is 5. The van der Waals surface area contributed by atoms with E-state index in [0.717, 1.165) is 11.0 Å². The van der Waals surface area contributed by atoms with Gasteiger partial charge in [-0.05, 0) is 12.1 Å². The first-order valence-electron chi connectivity index (χ1n) is 6.43. The summed E-state index contributed by atoms with van der Waals surface area (Å²) in [6.07, 6.45) is 1.70. The molecule has 0 bridgehead atoms. The number of nitrogens with one attached hydrogen (secondary N) is 2. The van der Waals surface area contributed by atoms with Gasteiger partial charge in [-0.2, -0.15) is 0 Å². The Morgan fingerprint density at radius 1 is 1.14 bits per heavy atom. The number of H-pyrrole nitrogens is 1. The molecule has 1 aliphatic rings. The van der Waals surface area contributed by atoms with Gasteiger partial charge in [-0.25, -0.2) is 9.88 Å². The van der Waals surface area contributed by atoms with Gasteiger partial charge in [0.2, 0.25) is 0 Å². The van der Waals surface area contributed by atoms with Crippen molar-refractivity contribution < 1.29 is 19.5 Å². The highest BCUT2D eigenvalue weighted by Crippen LogP contribution is 2.26. The topological polar surface area (TPSA) is 107 Å². The van der Waals surface area contributed by atoms with Crippen molar-refractivity contribution in [2.45, 2.75) is 0 Å². The number of benzene rings is 1. The highest BCUT2D eigenvalue weighted by atomic mass is 16.6. The maximum absolute atomic E-state index is 12.2. The van der Waals surface area contributed by atoms with Crippen LogP contribution in [0.5, 0.6) is 0 Å². The first kappa shape index (κ1) is 13.7. The van der Waals surface area contributed by atoms with Gasteiger partial charge in [0.1, 0.15) is 0 Å². The van der Waals surface area contributed by atoms with Gasteiger partial charge in [-0.15, -0.1) is 0 Å². The Labute approximate surface area is 124 Å². The van der Waals surface area contributed by atoms with Crippen LogP contribution in [0.1, 0.15) is 20.7 Å². The number of fused-ring (bicyclic) bond motifs is 1. The van der Waals surface area contributed by atoms with Gasteiger partial charge in [0.25, 0.3) is 23.3 Å². The second-order valence-corrected chi connectivity index (χ2v) is 4.64. The number of rotatable bonds is 4. The van der Waals surface area contributed by atoms with Crippen LogP contribution in [0.2, 0.25) is 0 Å². The van der Waals surface area contributed by atoms with E-state index in [0.29, 0.717) is 5.82 Å². The van der Waals surface area contributed by atoms with E-state index in [1.54, 1.807) is 24.4 Å². The molecule has 2 N–H and O–H groups in total. The number of carbonyl (C=O) groups is 2. The lowest BCUT2D eigenvalue weighted by Crippen LogP contribution is -2.35. The second-order valence-electron chi connectivity index (χ2n) is 4.64. The Kier molecular flexibility index (Phi) is 3.26. The molecule has 0 radical (unpaired) electrons. The summed E-state index contributed by atoms with van der Waals surface area (Å²) in [7, 11) is 0. The first-order valence-corrected chi connectivity index (χ1v) is 6.43. The number of pyridine rings is 1. The zero-order valence-corrected chi connectivity index (χ0v) is 11.3. The Balaban J connectivity index is 1.82. The summed E-state index contributed by atoms with van der Waals surface area (Å²) in [5.74, 6) is -0.379. The van der Waals surface area contributed by atoms with Crippen molar-refractivity contribution in [3.63, 3.8) is 0 Å². The van der Waals surface area contributed by atoms with Crippen LogP contribution in [0, 0.1) is 10.1 Å². The van der Waals surface area contributed by atoms with E-state index < -0.39 is 16.7 Å². The van der Waals surface area contributed by atoms with E-state index >= 15 is 0 Å². The van der Waals surface area contributed by atoms with E-state index in [4.69, 9.17) is 0 Å². The quantitative estimate of drug-likeness (QED) is 0.516. The van der Waals surface area contributed by atoms with Crippen LogP contribution in [0.3, 0.4) is 0 Å². The van der Waals surface area contributed by atoms with Crippen molar-refractivity contribution in [1.82, 2.24) is 4.90 Å². The van der Waals surface area contributed by atoms with Gasteiger partial charge in [-0.3, -0.25) is 25.0 Å². The van der Waals surface area contributed by atoms with Crippen LogP contribution in [-0.2, 0) is 0 Å². The van der Waals surface area contributed by atoms with Gasteiger partial charge in [0.05, 0.1) is 22.2 Å². The van der Waals surface area contributed by atoms with Crippen molar-refractivity contribution in [3.05, 3.63) is 63.8 Å². The average molecular weight is 299 g/mol. The molecule has 8 heteroatoms. The van der Waals surface area contributed by atoms with Crippen molar-refractivity contribution in [3.8, 4) is 0 Å². The Bertz CT molecular complexity index is 776. The van der Waals surface area contributed by atoms with E-state index in [9.17, 15) is 19.7 Å². The van der Waals surface area contributed by atoms with Crippen LogP contribution in [0.4, 0.5) is 11.5 Å². The van der Waals surface area contributed by atoms with Crippen molar-refractivity contribution >= 4 is 23.3 Å². The number of nitrogens with zero attached hydrogens (tertiary/aromatic N) is 2. The third-order valence-electron chi connectivity index (χ3n) is 3.30. The molecule has 1 aromatic carbocycles. The summed E-state index contributed by atoms with van der Waals surface area (Å²) < 4.78 is 0. The second kappa shape index (κ2) is 5.24. The Morgan fingerprint density at radius 2 is 1.91 bits per heavy atom. The molecule has 1 aromatic heterocycles. The molecular formula is C14H11N4O4+. The lowest BCUT2D eigenvalue weighted by molar-refractivity contribution is -0.384. The molecule has 2 heterocycles. The number of carbonyl (C=O) groups excluding carboxylic acids is 2. The monoisotopic (exact) mass is 299 g/mol. The summed E-state index contributed by atoms with van der Waals surface area (Å²) in [4.78, 5) is 38.5.